The molecule has 4 N–H and O–H groups in total. The smallest absolute Gasteiger partial charge is 0.0360 e. The van der Waals surface area contributed by atoms with Crippen LogP contribution in [0, 0.1) is 0 Å². The van der Waals surface area contributed by atoms with Crippen molar-refractivity contribution in [2.75, 3.05) is 6.54 Å². The zero-order valence-corrected chi connectivity index (χ0v) is 12.9. The van der Waals surface area contributed by atoms with Crippen LogP contribution in [-0.4, -0.2) is 6.54 Å². The highest BCUT2D eigenvalue weighted by Crippen LogP contribution is 2.26. The van der Waals surface area contributed by atoms with Gasteiger partial charge in [-0.3, -0.25) is 0 Å². The maximum absolute atomic E-state index is 6.03. The van der Waals surface area contributed by atoms with Crippen molar-refractivity contribution in [3.8, 4) is 22.3 Å². The van der Waals surface area contributed by atoms with Crippen LogP contribution < -0.4 is 11.5 Å². The lowest BCUT2D eigenvalue weighted by molar-refractivity contribution is 1.25. The molecule has 0 aliphatic rings. The predicted octanol–water partition coefficient (Wildman–Crippen LogP) is 4.28. The van der Waals surface area contributed by atoms with E-state index < -0.39 is 0 Å². The van der Waals surface area contributed by atoms with Gasteiger partial charge in [0.25, 0.3) is 0 Å². The van der Waals surface area contributed by atoms with Gasteiger partial charge in [-0.1, -0.05) is 72.8 Å². The molecule has 0 aromatic heterocycles. The lowest BCUT2D eigenvalue weighted by Gasteiger charge is -2.08. The molecule has 114 valence electrons. The Bertz CT molecular complexity index is 803. The quantitative estimate of drug-likeness (QED) is 0.755. The second-order valence-electron chi connectivity index (χ2n) is 5.42. The minimum Gasteiger partial charge on any atom is -0.398 e. The maximum Gasteiger partial charge on any atom is 0.0360 e. The first-order chi connectivity index (χ1) is 11.3. The van der Waals surface area contributed by atoms with E-state index in [-0.39, 0.29) is 0 Å². The van der Waals surface area contributed by atoms with E-state index in [0.29, 0.717) is 6.54 Å². The van der Waals surface area contributed by atoms with Crippen molar-refractivity contribution in [2.24, 2.45) is 11.5 Å². The van der Waals surface area contributed by atoms with Crippen molar-refractivity contribution < 1.29 is 0 Å². The normalized spacial score (nSPS) is 11.4. The van der Waals surface area contributed by atoms with Gasteiger partial charge in [-0.15, -0.1) is 0 Å². The zero-order valence-electron chi connectivity index (χ0n) is 12.9. The summed E-state index contributed by atoms with van der Waals surface area (Å²) >= 11 is 0. The monoisotopic (exact) mass is 300 g/mol. The largest absolute Gasteiger partial charge is 0.398 e. The minimum atomic E-state index is 0.446. The van der Waals surface area contributed by atoms with Gasteiger partial charge in [0.1, 0.15) is 0 Å². The van der Waals surface area contributed by atoms with Crippen LogP contribution in [0.4, 0.5) is 0 Å². The molecule has 3 rings (SSSR count). The maximum atomic E-state index is 6.03. The highest BCUT2D eigenvalue weighted by atomic mass is 14.6. The molecule has 0 aliphatic carbocycles. The fourth-order valence-corrected chi connectivity index (χ4v) is 2.61. The fraction of sp³-hybridized carbons (Fsp3) is 0.0476. The van der Waals surface area contributed by atoms with Gasteiger partial charge in [-0.05, 0) is 40.0 Å². The standard InChI is InChI=1S/C21H20N2/c22-14-13-21(23)20-8-4-7-19(15-20)18-11-9-17(10-12-18)16-5-2-1-3-6-16/h1-13,15H,14,22-23H2/b21-13-. The SMILES string of the molecule is NC/C=C(\N)c1cccc(-c2ccc(-c3ccccc3)cc2)c1. The van der Waals surface area contributed by atoms with Crippen LogP contribution in [0.5, 0.6) is 0 Å². The van der Waals surface area contributed by atoms with Crippen molar-refractivity contribution in [3.05, 3.63) is 90.5 Å². The number of benzene rings is 3. The average molecular weight is 300 g/mol. The van der Waals surface area contributed by atoms with Gasteiger partial charge >= 0.3 is 0 Å². The zero-order chi connectivity index (χ0) is 16.1. The van der Waals surface area contributed by atoms with Crippen LogP contribution in [0.2, 0.25) is 0 Å². The second-order valence-corrected chi connectivity index (χ2v) is 5.42. The average Bonchev–Trinajstić information content (AvgIpc) is 2.63. The summed E-state index contributed by atoms with van der Waals surface area (Å²) in [5.74, 6) is 0. The Morgan fingerprint density at radius 3 is 1.91 bits per heavy atom. The van der Waals surface area contributed by atoms with Gasteiger partial charge in [0, 0.05) is 12.2 Å². The molecule has 0 aliphatic heterocycles. The first-order valence-electron chi connectivity index (χ1n) is 7.70. The molecule has 3 aromatic carbocycles. The topological polar surface area (TPSA) is 52.0 Å². The first-order valence-corrected chi connectivity index (χ1v) is 7.70. The van der Waals surface area contributed by atoms with Crippen LogP contribution in [0.3, 0.4) is 0 Å². The highest BCUT2D eigenvalue weighted by molar-refractivity contribution is 5.74. The van der Waals surface area contributed by atoms with Crippen molar-refractivity contribution in [1.29, 1.82) is 0 Å². The molecule has 0 amide bonds. The van der Waals surface area contributed by atoms with Gasteiger partial charge in [0.15, 0.2) is 0 Å². The summed E-state index contributed by atoms with van der Waals surface area (Å²) in [6.45, 7) is 0.446. The van der Waals surface area contributed by atoms with Crippen molar-refractivity contribution >= 4 is 5.70 Å². The molecule has 0 unspecified atom stereocenters. The Labute approximate surface area is 137 Å². The van der Waals surface area contributed by atoms with Crippen molar-refractivity contribution in [1.82, 2.24) is 0 Å². The van der Waals surface area contributed by atoms with Gasteiger partial charge in [-0.25, -0.2) is 0 Å². The summed E-state index contributed by atoms with van der Waals surface area (Å²) in [4.78, 5) is 0. The molecule has 0 saturated carbocycles. The first kappa shape index (κ1) is 15.1. The minimum absolute atomic E-state index is 0.446. The van der Waals surface area contributed by atoms with E-state index in [2.05, 4.69) is 60.7 Å². The molecule has 0 bridgehead atoms. The van der Waals surface area contributed by atoms with Crippen LogP contribution in [0.1, 0.15) is 5.56 Å². The summed E-state index contributed by atoms with van der Waals surface area (Å²) in [5, 5.41) is 0. The third kappa shape index (κ3) is 3.50. The number of rotatable bonds is 4. The number of nitrogens with two attached hydrogens (primary N) is 2. The molecule has 2 heteroatoms. The Morgan fingerprint density at radius 1 is 0.696 bits per heavy atom. The Kier molecular flexibility index (Phi) is 4.55. The molecule has 0 spiro atoms. The summed E-state index contributed by atoms with van der Waals surface area (Å²) in [7, 11) is 0. The van der Waals surface area contributed by atoms with E-state index in [1.165, 1.54) is 16.7 Å². The third-order valence-electron chi connectivity index (χ3n) is 3.86. The molecular weight excluding hydrogens is 280 g/mol. The molecule has 0 heterocycles. The molecule has 0 atom stereocenters. The summed E-state index contributed by atoms with van der Waals surface area (Å²) in [6, 6.07) is 27.2. The fourth-order valence-electron chi connectivity index (χ4n) is 2.61. The summed E-state index contributed by atoms with van der Waals surface area (Å²) < 4.78 is 0. The predicted molar refractivity (Wildman–Crippen MR) is 98.5 cm³/mol. The van der Waals surface area contributed by atoms with Gasteiger partial charge in [0.05, 0.1) is 0 Å². The van der Waals surface area contributed by atoms with E-state index in [1.807, 2.05) is 24.3 Å². The lowest BCUT2D eigenvalue weighted by Crippen LogP contribution is -2.02. The lowest BCUT2D eigenvalue weighted by atomic mass is 9.98. The molecule has 0 saturated heterocycles. The van der Waals surface area contributed by atoms with Crippen LogP contribution in [0.25, 0.3) is 28.0 Å². The van der Waals surface area contributed by atoms with Crippen LogP contribution in [0.15, 0.2) is 84.9 Å². The Balaban J connectivity index is 1.91. The van der Waals surface area contributed by atoms with E-state index in [0.717, 1.165) is 16.8 Å². The van der Waals surface area contributed by atoms with E-state index in [4.69, 9.17) is 11.5 Å². The highest BCUT2D eigenvalue weighted by Gasteiger charge is 2.02. The number of hydrogen-bond acceptors (Lipinski definition) is 2. The Morgan fingerprint density at radius 2 is 1.26 bits per heavy atom. The summed E-state index contributed by atoms with van der Waals surface area (Å²) in [6.07, 6.45) is 1.83. The molecule has 0 radical (unpaired) electrons. The Hall–Kier alpha value is -2.84. The van der Waals surface area contributed by atoms with Gasteiger partial charge in [0.2, 0.25) is 0 Å². The third-order valence-corrected chi connectivity index (χ3v) is 3.86. The molecular formula is C21H20N2. The van der Waals surface area contributed by atoms with Crippen LogP contribution >= 0.6 is 0 Å². The van der Waals surface area contributed by atoms with Crippen molar-refractivity contribution in [2.45, 2.75) is 0 Å². The molecule has 2 nitrogen and oxygen atoms in total. The van der Waals surface area contributed by atoms with Gasteiger partial charge < -0.3 is 11.5 Å². The van der Waals surface area contributed by atoms with Gasteiger partial charge in [-0.2, -0.15) is 0 Å². The molecule has 23 heavy (non-hydrogen) atoms. The molecule has 3 aromatic rings. The van der Waals surface area contributed by atoms with E-state index in [1.54, 1.807) is 0 Å². The number of hydrogen-bond donors (Lipinski definition) is 2. The van der Waals surface area contributed by atoms with Crippen molar-refractivity contribution in [3.63, 3.8) is 0 Å². The van der Waals surface area contributed by atoms with E-state index in [9.17, 15) is 0 Å². The van der Waals surface area contributed by atoms with Crippen LogP contribution in [-0.2, 0) is 0 Å². The molecule has 0 fully saturated rings. The summed E-state index contributed by atoms with van der Waals surface area (Å²) in [5.41, 5.74) is 18.0. The second kappa shape index (κ2) is 6.95. The van der Waals surface area contributed by atoms with E-state index >= 15 is 0 Å².